The van der Waals surface area contributed by atoms with E-state index < -0.39 is 0 Å². The van der Waals surface area contributed by atoms with E-state index in [4.69, 9.17) is 4.74 Å². The van der Waals surface area contributed by atoms with Crippen molar-refractivity contribution in [3.8, 4) is 0 Å². The summed E-state index contributed by atoms with van der Waals surface area (Å²) in [6.45, 7) is 2.15. The SMILES string of the molecule is CN=C(NCc1cccc(F)c1)NCC1CCCO1. The Bertz CT molecular complexity index is 430. The Labute approximate surface area is 113 Å². The summed E-state index contributed by atoms with van der Waals surface area (Å²) in [5.41, 5.74) is 0.889. The zero-order valence-corrected chi connectivity index (χ0v) is 11.2. The fourth-order valence-corrected chi connectivity index (χ4v) is 2.07. The van der Waals surface area contributed by atoms with Crippen LogP contribution in [0.4, 0.5) is 4.39 Å². The first kappa shape index (κ1) is 13.8. The average Bonchev–Trinajstić information content (AvgIpc) is 2.92. The van der Waals surface area contributed by atoms with Gasteiger partial charge in [0.2, 0.25) is 0 Å². The highest BCUT2D eigenvalue weighted by Gasteiger charge is 2.15. The van der Waals surface area contributed by atoms with E-state index in [1.165, 1.54) is 12.1 Å². The molecule has 1 saturated heterocycles. The van der Waals surface area contributed by atoms with E-state index in [0.29, 0.717) is 12.5 Å². The van der Waals surface area contributed by atoms with Crippen molar-refractivity contribution >= 4 is 5.96 Å². The lowest BCUT2D eigenvalue weighted by atomic mass is 10.2. The minimum atomic E-state index is -0.221. The van der Waals surface area contributed by atoms with Crippen molar-refractivity contribution in [3.05, 3.63) is 35.6 Å². The van der Waals surface area contributed by atoms with Crippen molar-refractivity contribution in [2.24, 2.45) is 4.99 Å². The van der Waals surface area contributed by atoms with Gasteiger partial charge >= 0.3 is 0 Å². The molecule has 1 aromatic rings. The molecule has 0 radical (unpaired) electrons. The maximum absolute atomic E-state index is 13.0. The third kappa shape index (κ3) is 4.52. The molecule has 4 nitrogen and oxygen atoms in total. The van der Waals surface area contributed by atoms with Crippen LogP contribution in [0, 0.1) is 5.82 Å². The number of aliphatic imine (C=N–C) groups is 1. The van der Waals surface area contributed by atoms with Crippen molar-refractivity contribution in [2.75, 3.05) is 20.2 Å². The van der Waals surface area contributed by atoms with Crippen molar-refractivity contribution < 1.29 is 9.13 Å². The summed E-state index contributed by atoms with van der Waals surface area (Å²) >= 11 is 0. The number of rotatable bonds is 4. The second kappa shape index (κ2) is 7.09. The number of nitrogens with zero attached hydrogens (tertiary/aromatic N) is 1. The summed E-state index contributed by atoms with van der Waals surface area (Å²) in [4.78, 5) is 4.13. The number of halogens is 1. The second-order valence-corrected chi connectivity index (χ2v) is 4.57. The fourth-order valence-electron chi connectivity index (χ4n) is 2.07. The molecule has 0 amide bonds. The van der Waals surface area contributed by atoms with Gasteiger partial charge in [-0.3, -0.25) is 4.99 Å². The van der Waals surface area contributed by atoms with E-state index in [1.54, 1.807) is 13.1 Å². The van der Waals surface area contributed by atoms with Crippen LogP contribution >= 0.6 is 0 Å². The number of guanidine groups is 1. The first-order chi connectivity index (χ1) is 9.28. The minimum absolute atomic E-state index is 0.221. The molecule has 0 aliphatic carbocycles. The van der Waals surface area contributed by atoms with Crippen molar-refractivity contribution in [1.29, 1.82) is 0 Å². The predicted octanol–water partition coefficient (Wildman–Crippen LogP) is 1.67. The van der Waals surface area contributed by atoms with Crippen molar-refractivity contribution in [2.45, 2.75) is 25.5 Å². The van der Waals surface area contributed by atoms with E-state index in [1.807, 2.05) is 6.07 Å². The Balaban J connectivity index is 1.76. The number of hydrogen-bond donors (Lipinski definition) is 2. The first-order valence-corrected chi connectivity index (χ1v) is 6.58. The number of benzene rings is 1. The summed E-state index contributed by atoms with van der Waals surface area (Å²) in [6.07, 6.45) is 2.49. The molecule has 19 heavy (non-hydrogen) atoms. The maximum atomic E-state index is 13.0. The predicted molar refractivity (Wildman–Crippen MR) is 73.6 cm³/mol. The quantitative estimate of drug-likeness (QED) is 0.643. The molecule has 1 aliphatic rings. The van der Waals surface area contributed by atoms with Gasteiger partial charge in [0.25, 0.3) is 0 Å². The summed E-state index contributed by atoms with van der Waals surface area (Å²) in [5, 5.41) is 6.37. The van der Waals surface area contributed by atoms with Gasteiger partial charge in [-0.05, 0) is 30.5 Å². The number of ether oxygens (including phenoxy) is 1. The van der Waals surface area contributed by atoms with Gasteiger partial charge < -0.3 is 15.4 Å². The molecule has 0 bridgehead atoms. The number of nitrogens with one attached hydrogen (secondary N) is 2. The lowest BCUT2D eigenvalue weighted by Gasteiger charge is -2.15. The molecule has 5 heteroatoms. The van der Waals surface area contributed by atoms with E-state index in [-0.39, 0.29) is 11.9 Å². The zero-order valence-electron chi connectivity index (χ0n) is 11.2. The summed E-state index contributed by atoms with van der Waals surface area (Å²) in [5.74, 6) is 0.487. The minimum Gasteiger partial charge on any atom is -0.376 e. The van der Waals surface area contributed by atoms with Crippen LogP contribution in [0.5, 0.6) is 0 Å². The van der Waals surface area contributed by atoms with E-state index in [2.05, 4.69) is 15.6 Å². The summed E-state index contributed by atoms with van der Waals surface area (Å²) < 4.78 is 18.6. The fraction of sp³-hybridized carbons (Fsp3) is 0.500. The van der Waals surface area contributed by atoms with Crippen LogP contribution < -0.4 is 10.6 Å². The molecular formula is C14H20FN3O. The van der Waals surface area contributed by atoms with Crippen LogP contribution in [-0.2, 0) is 11.3 Å². The highest BCUT2D eigenvalue weighted by Crippen LogP contribution is 2.10. The zero-order chi connectivity index (χ0) is 13.5. The van der Waals surface area contributed by atoms with Gasteiger partial charge in [-0.2, -0.15) is 0 Å². The van der Waals surface area contributed by atoms with Crippen molar-refractivity contribution in [3.63, 3.8) is 0 Å². The van der Waals surface area contributed by atoms with E-state index in [0.717, 1.165) is 31.6 Å². The first-order valence-electron chi connectivity index (χ1n) is 6.58. The van der Waals surface area contributed by atoms with Gasteiger partial charge in [0.1, 0.15) is 5.82 Å². The maximum Gasteiger partial charge on any atom is 0.191 e. The number of hydrogen-bond acceptors (Lipinski definition) is 2. The Hall–Kier alpha value is -1.62. The Morgan fingerprint density at radius 3 is 3.05 bits per heavy atom. The third-order valence-electron chi connectivity index (χ3n) is 3.09. The summed E-state index contributed by atoms with van der Waals surface area (Å²) in [6, 6.07) is 6.53. The second-order valence-electron chi connectivity index (χ2n) is 4.57. The lowest BCUT2D eigenvalue weighted by molar-refractivity contribution is 0.114. The molecule has 1 aromatic carbocycles. The van der Waals surface area contributed by atoms with Gasteiger partial charge in [-0.25, -0.2) is 4.39 Å². The molecule has 2 rings (SSSR count). The van der Waals surface area contributed by atoms with Gasteiger partial charge in [0.05, 0.1) is 6.10 Å². The largest absolute Gasteiger partial charge is 0.376 e. The molecule has 104 valence electrons. The van der Waals surface area contributed by atoms with Crippen LogP contribution in [0.25, 0.3) is 0 Å². The molecule has 2 N–H and O–H groups in total. The molecule has 0 spiro atoms. The normalized spacial score (nSPS) is 19.5. The van der Waals surface area contributed by atoms with Gasteiger partial charge in [0.15, 0.2) is 5.96 Å². The van der Waals surface area contributed by atoms with Crippen molar-refractivity contribution in [1.82, 2.24) is 10.6 Å². The van der Waals surface area contributed by atoms with Crippen LogP contribution in [-0.4, -0.2) is 32.3 Å². The van der Waals surface area contributed by atoms with Gasteiger partial charge in [0, 0.05) is 26.7 Å². The summed E-state index contributed by atoms with van der Waals surface area (Å²) in [7, 11) is 1.72. The Morgan fingerprint density at radius 2 is 2.37 bits per heavy atom. The molecule has 1 atom stereocenters. The molecule has 0 saturated carbocycles. The smallest absolute Gasteiger partial charge is 0.191 e. The van der Waals surface area contributed by atoms with Gasteiger partial charge in [-0.15, -0.1) is 0 Å². The molecule has 1 heterocycles. The third-order valence-corrected chi connectivity index (χ3v) is 3.09. The molecule has 0 aromatic heterocycles. The Kier molecular flexibility index (Phi) is 5.15. The lowest BCUT2D eigenvalue weighted by Crippen LogP contribution is -2.40. The highest BCUT2D eigenvalue weighted by atomic mass is 19.1. The molecule has 1 unspecified atom stereocenters. The van der Waals surface area contributed by atoms with Crippen LogP contribution in [0.15, 0.2) is 29.3 Å². The van der Waals surface area contributed by atoms with E-state index >= 15 is 0 Å². The van der Waals surface area contributed by atoms with Crippen LogP contribution in [0.1, 0.15) is 18.4 Å². The molecular weight excluding hydrogens is 245 g/mol. The molecule has 1 fully saturated rings. The van der Waals surface area contributed by atoms with E-state index in [9.17, 15) is 4.39 Å². The average molecular weight is 265 g/mol. The van der Waals surface area contributed by atoms with Gasteiger partial charge in [-0.1, -0.05) is 12.1 Å². The molecule has 1 aliphatic heterocycles. The highest BCUT2D eigenvalue weighted by molar-refractivity contribution is 5.79. The topological polar surface area (TPSA) is 45.7 Å². The van der Waals surface area contributed by atoms with Crippen LogP contribution in [0.3, 0.4) is 0 Å². The standard InChI is InChI=1S/C14H20FN3O/c1-16-14(18-10-13-6-3-7-19-13)17-9-11-4-2-5-12(15)8-11/h2,4-5,8,13H,3,6-7,9-10H2,1H3,(H2,16,17,18). The van der Waals surface area contributed by atoms with Crippen LogP contribution in [0.2, 0.25) is 0 Å². The Morgan fingerprint density at radius 1 is 1.47 bits per heavy atom. The monoisotopic (exact) mass is 265 g/mol.